The number of hydrogen-bond donors (Lipinski definition) is 0. The van der Waals surface area contributed by atoms with Gasteiger partial charge in [0.1, 0.15) is 0 Å². The summed E-state index contributed by atoms with van der Waals surface area (Å²) in [6.07, 6.45) is 0. The third kappa shape index (κ3) is 5.63. The normalized spacial score (nSPS) is 12.6. The van der Waals surface area contributed by atoms with Gasteiger partial charge in [0.15, 0.2) is 0 Å². The van der Waals surface area contributed by atoms with Crippen molar-refractivity contribution in [2.45, 2.75) is 5.41 Å². The van der Waals surface area contributed by atoms with Crippen LogP contribution in [-0.4, -0.2) is 0 Å². The third-order valence-corrected chi connectivity index (χ3v) is 13.1. The van der Waals surface area contributed by atoms with Gasteiger partial charge in [-0.2, -0.15) is 0 Å². The highest BCUT2D eigenvalue weighted by Gasteiger charge is 2.47. The van der Waals surface area contributed by atoms with E-state index in [4.69, 9.17) is 0 Å². The number of anilines is 3. The number of nitrogens with zero attached hydrogens (tertiary/aromatic N) is 1. The third-order valence-electron chi connectivity index (χ3n) is 13.1. The lowest BCUT2D eigenvalue weighted by Gasteiger charge is -2.34. The van der Waals surface area contributed by atoms with Crippen molar-refractivity contribution in [1.82, 2.24) is 0 Å². The molecule has 0 heterocycles. The number of fused-ring (bicyclic) bond motifs is 7. The van der Waals surface area contributed by atoms with Crippen LogP contribution < -0.4 is 4.90 Å². The lowest BCUT2D eigenvalue weighted by atomic mass is 9.68. The van der Waals surface area contributed by atoms with Crippen LogP contribution in [0.3, 0.4) is 0 Å². The molecule has 0 spiro atoms. The Labute approximate surface area is 362 Å². The molecule has 11 aromatic carbocycles. The zero-order chi connectivity index (χ0) is 41.0. The molecule has 0 radical (unpaired) electrons. The second-order valence-electron chi connectivity index (χ2n) is 16.4. The summed E-state index contributed by atoms with van der Waals surface area (Å²) in [5.41, 5.74) is 15.2. The standard InChI is InChI=1S/C61H41N/c1-3-20-48(21-4-1)61(49-22-5-2-6-23-49)57-29-12-11-27-56(57)60-58(61)30-15-31-59(60)62(51-24-13-19-46(41-51)54-28-14-18-43-16-7-9-25-52(43)54)50-37-34-42(35-38-50)45-36-39-55-47(40-45)33-32-44-17-8-10-26-53(44)55/h1-41H. The van der Waals surface area contributed by atoms with Gasteiger partial charge in [0.25, 0.3) is 0 Å². The quantitative estimate of drug-likeness (QED) is 0.145. The fourth-order valence-corrected chi connectivity index (χ4v) is 10.4. The first kappa shape index (κ1) is 35.9. The molecule has 0 unspecified atom stereocenters. The van der Waals surface area contributed by atoms with Crippen LogP contribution in [0.25, 0.3) is 65.7 Å². The molecule has 0 atom stereocenters. The molecule has 1 aliphatic carbocycles. The fraction of sp³-hybridized carbons (Fsp3) is 0.0164. The Morgan fingerprint density at radius 1 is 0.290 bits per heavy atom. The molecule has 290 valence electrons. The summed E-state index contributed by atoms with van der Waals surface area (Å²) >= 11 is 0. The van der Waals surface area contributed by atoms with E-state index in [1.54, 1.807) is 0 Å². The van der Waals surface area contributed by atoms with Gasteiger partial charge < -0.3 is 4.90 Å². The van der Waals surface area contributed by atoms with Crippen molar-refractivity contribution in [3.63, 3.8) is 0 Å². The summed E-state index contributed by atoms with van der Waals surface area (Å²) < 4.78 is 0. The van der Waals surface area contributed by atoms with Crippen LogP contribution in [0.15, 0.2) is 249 Å². The van der Waals surface area contributed by atoms with E-state index in [2.05, 4.69) is 254 Å². The molecule has 0 saturated carbocycles. The van der Waals surface area contributed by atoms with E-state index in [0.29, 0.717) is 0 Å². The molecule has 0 amide bonds. The van der Waals surface area contributed by atoms with Crippen molar-refractivity contribution in [2.24, 2.45) is 0 Å². The number of benzene rings is 11. The lowest BCUT2D eigenvalue weighted by molar-refractivity contribution is 0.768. The molecule has 11 aromatic rings. The van der Waals surface area contributed by atoms with E-state index < -0.39 is 5.41 Å². The van der Waals surface area contributed by atoms with E-state index in [9.17, 15) is 0 Å². The Morgan fingerprint density at radius 2 is 0.855 bits per heavy atom. The molecule has 0 aromatic heterocycles. The topological polar surface area (TPSA) is 3.24 Å². The molecule has 0 aliphatic heterocycles. The predicted molar refractivity (Wildman–Crippen MR) is 262 cm³/mol. The van der Waals surface area contributed by atoms with E-state index >= 15 is 0 Å². The van der Waals surface area contributed by atoms with Crippen molar-refractivity contribution < 1.29 is 0 Å². The van der Waals surface area contributed by atoms with Crippen molar-refractivity contribution in [3.8, 4) is 33.4 Å². The van der Waals surface area contributed by atoms with E-state index in [1.165, 1.54) is 88.0 Å². The Kier molecular flexibility index (Phi) is 8.47. The molecular weight excluding hydrogens is 747 g/mol. The molecular formula is C61H41N. The van der Waals surface area contributed by atoms with Gasteiger partial charge in [-0.1, -0.05) is 212 Å². The summed E-state index contributed by atoms with van der Waals surface area (Å²) in [5, 5.41) is 7.56. The summed E-state index contributed by atoms with van der Waals surface area (Å²) in [4.78, 5) is 2.48. The summed E-state index contributed by atoms with van der Waals surface area (Å²) in [5.74, 6) is 0. The minimum absolute atomic E-state index is 0.508. The molecule has 62 heavy (non-hydrogen) atoms. The predicted octanol–water partition coefficient (Wildman–Crippen LogP) is 16.3. The molecule has 12 rings (SSSR count). The summed E-state index contributed by atoms with van der Waals surface area (Å²) in [6, 6.07) is 91.7. The van der Waals surface area contributed by atoms with E-state index in [1.807, 2.05) is 0 Å². The molecule has 0 N–H and O–H groups in total. The van der Waals surface area contributed by atoms with Gasteiger partial charge in [-0.25, -0.2) is 0 Å². The molecule has 1 heteroatoms. The molecule has 1 nitrogen and oxygen atoms in total. The maximum absolute atomic E-state index is 2.48. The van der Waals surface area contributed by atoms with Gasteiger partial charge >= 0.3 is 0 Å². The fourth-order valence-electron chi connectivity index (χ4n) is 10.4. The van der Waals surface area contributed by atoms with Gasteiger partial charge in [0.2, 0.25) is 0 Å². The average Bonchev–Trinajstić information content (AvgIpc) is 3.66. The van der Waals surface area contributed by atoms with Crippen LogP contribution >= 0.6 is 0 Å². The summed E-state index contributed by atoms with van der Waals surface area (Å²) in [7, 11) is 0. The van der Waals surface area contributed by atoms with E-state index in [-0.39, 0.29) is 0 Å². The first-order valence-corrected chi connectivity index (χ1v) is 21.5. The maximum atomic E-state index is 2.48. The van der Waals surface area contributed by atoms with Gasteiger partial charge in [-0.3, -0.25) is 0 Å². The largest absolute Gasteiger partial charge is 0.310 e. The molecule has 0 saturated heterocycles. The van der Waals surface area contributed by atoms with Crippen LogP contribution in [-0.2, 0) is 5.41 Å². The monoisotopic (exact) mass is 787 g/mol. The van der Waals surface area contributed by atoms with Crippen LogP contribution in [0.5, 0.6) is 0 Å². The summed E-state index contributed by atoms with van der Waals surface area (Å²) in [6.45, 7) is 0. The highest BCUT2D eigenvalue weighted by Crippen LogP contribution is 2.59. The smallest absolute Gasteiger partial charge is 0.0714 e. The maximum Gasteiger partial charge on any atom is 0.0714 e. The number of rotatable bonds is 7. The Bertz CT molecular complexity index is 3410. The Hall–Kier alpha value is -8.00. The first-order valence-electron chi connectivity index (χ1n) is 21.5. The Morgan fingerprint density at radius 3 is 1.65 bits per heavy atom. The molecule has 0 fully saturated rings. The second-order valence-corrected chi connectivity index (χ2v) is 16.4. The van der Waals surface area contributed by atoms with Gasteiger partial charge in [-0.15, -0.1) is 0 Å². The van der Waals surface area contributed by atoms with Gasteiger partial charge in [0.05, 0.1) is 11.1 Å². The zero-order valence-corrected chi connectivity index (χ0v) is 34.1. The lowest BCUT2D eigenvalue weighted by Crippen LogP contribution is -2.28. The first-order chi connectivity index (χ1) is 30.8. The minimum atomic E-state index is -0.508. The van der Waals surface area contributed by atoms with Crippen LogP contribution in [0.2, 0.25) is 0 Å². The van der Waals surface area contributed by atoms with Crippen LogP contribution in [0, 0.1) is 0 Å². The SMILES string of the molecule is c1ccc(C2(c3ccccc3)c3ccccc3-c3c(N(c4ccc(-c5ccc6c(ccc7ccccc76)c5)cc4)c4cccc(-c5cccc6ccccc56)c4)cccc32)cc1. The van der Waals surface area contributed by atoms with Crippen molar-refractivity contribution in [1.29, 1.82) is 0 Å². The van der Waals surface area contributed by atoms with Gasteiger partial charge in [-0.05, 0) is 119 Å². The zero-order valence-electron chi connectivity index (χ0n) is 34.1. The van der Waals surface area contributed by atoms with Gasteiger partial charge in [0, 0.05) is 16.9 Å². The van der Waals surface area contributed by atoms with Crippen molar-refractivity contribution >= 4 is 49.4 Å². The Balaban J connectivity index is 1.07. The van der Waals surface area contributed by atoms with Crippen LogP contribution in [0.4, 0.5) is 17.1 Å². The average molecular weight is 788 g/mol. The molecule has 0 bridgehead atoms. The minimum Gasteiger partial charge on any atom is -0.310 e. The highest BCUT2D eigenvalue weighted by molar-refractivity contribution is 6.08. The highest BCUT2D eigenvalue weighted by atomic mass is 15.1. The van der Waals surface area contributed by atoms with Crippen molar-refractivity contribution in [3.05, 3.63) is 271 Å². The second kappa shape index (κ2) is 14.6. The number of hydrogen-bond acceptors (Lipinski definition) is 1. The molecule has 1 aliphatic rings. The van der Waals surface area contributed by atoms with Crippen molar-refractivity contribution in [2.75, 3.05) is 4.90 Å². The van der Waals surface area contributed by atoms with E-state index in [0.717, 1.165) is 17.1 Å². The van der Waals surface area contributed by atoms with Crippen LogP contribution in [0.1, 0.15) is 22.3 Å².